The Hall–Kier alpha value is -1.65. The molecule has 0 fully saturated rings. The van der Waals surface area contributed by atoms with E-state index in [4.69, 9.17) is 0 Å². The van der Waals surface area contributed by atoms with E-state index in [1.165, 1.54) is 9.87 Å². The molecule has 2 aromatic rings. The van der Waals surface area contributed by atoms with Gasteiger partial charge < -0.3 is 0 Å². The maximum absolute atomic E-state index is 12.3. The van der Waals surface area contributed by atoms with Crippen molar-refractivity contribution in [3.63, 3.8) is 0 Å². The normalized spacial score (nSPS) is 11.8. The monoisotopic (exact) mass is 289 g/mol. The molecule has 0 aliphatic rings. The highest BCUT2D eigenvalue weighted by Crippen LogP contribution is 2.13. The third kappa shape index (κ3) is 3.92. The fourth-order valence-electron chi connectivity index (χ4n) is 1.94. The van der Waals surface area contributed by atoms with Crippen LogP contribution in [0.3, 0.4) is 0 Å². The molecule has 2 rings (SSSR count). The lowest BCUT2D eigenvalue weighted by atomic mass is 10.1. The Kier molecular flexibility index (Phi) is 4.57. The summed E-state index contributed by atoms with van der Waals surface area (Å²) in [5, 5.41) is 0. The third-order valence-corrected chi connectivity index (χ3v) is 4.97. The SMILES string of the molecule is Cc1ccc(CN(C)S(=O)(=O)Cc2ccccc2)cc1. The molecule has 106 valence electrons. The van der Waals surface area contributed by atoms with Crippen LogP contribution in [0, 0.1) is 6.92 Å². The average molecular weight is 289 g/mol. The van der Waals surface area contributed by atoms with Crippen LogP contribution >= 0.6 is 0 Å². The number of benzene rings is 2. The van der Waals surface area contributed by atoms with Gasteiger partial charge >= 0.3 is 0 Å². The van der Waals surface area contributed by atoms with Gasteiger partial charge in [-0.15, -0.1) is 0 Å². The van der Waals surface area contributed by atoms with E-state index < -0.39 is 10.0 Å². The van der Waals surface area contributed by atoms with Gasteiger partial charge in [0.05, 0.1) is 5.75 Å². The van der Waals surface area contributed by atoms with E-state index in [1.807, 2.05) is 61.5 Å². The van der Waals surface area contributed by atoms with Gasteiger partial charge in [0.1, 0.15) is 0 Å². The summed E-state index contributed by atoms with van der Waals surface area (Å²) >= 11 is 0. The first-order valence-electron chi connectivity index (χ1n) is 6.51. The Balaban J connectivity index is 2.07. The second kappa shape index (κ2) is 6.20. The quantitative estimate of drug-likeness (QED) is 0.848. The predicted molar refractivity (Wildman–Crippen MR) is 81.7 cm³/mol. The largest absolute Gasteiger partial charge is 0.218 e. The van der Waals surface area contributed by atoms with Crippen LogP contribution in [0.1, 0.15) is 16.7 Å². The molecule has 0 radical (unpaired) electrons. The summed E-state index contributed by atoms with van der Waals surface area (Å²) in [6.07, 6.45) is 0. The van der Waals surface area contributed by atoms with Crippen LogP contribution < -0.4 is 0 Å². The Morgan fingerprint density at radius 3 is 2.10 bits per heavy atom. The van der Waals surface area contributed by atoms with Crippen molar-refractivity contribution in [2.75, 3.05) is 7.05 Å². The minimum Gasteiger partial charge on any atom is -0.212 e. The fourth-order valence-corrected chi connectivity index (χ4v) is 3.12. The predicted octanol–water partition coefficient (Wildman–Crippen LogP) is 2.96. The highest BCUT2D eigenvalue weighted by molar-refractivity contribution is 7.88. The number of nitrogens with zero attached hydrogens (tertiary/aromatic N) is 1. The van der Waals surface area contributed by atoms with Gasteiger partial charge in [-0.2, -0.15) is 0 Å². The molecule has 0 N–H and O–H groups in total. The van der Waals surface area contributed by atoms with Gasteiger partial charge in [-0.05, 0) is 18.1 Å². The molecule has 0 aliphatic carbocycles. The van der Waals surface area contributed by atoms with E-state index in [0.717, 1.165) is 11.1 Å². The van der Waals surface area contributed by atoms with Gasteiger partial charge in [-0.3, -0.25) is 0 Å². The molecule has 0 atom stereocenters. The topological polar surface area (TPSA) is 37.4 Å². The Bertz CT molecular complexity index is 649. The molecule has 0 saturated heterocycles. The first-order chi connectivity index (χ1) is 9.47. The van der Waals surface area contributed by atoms with Gasteiger partial charge in [-0.1, -0.05) is 60.2 Å². The van der Waals surface area contributed by atoms with E-state index >= 15 is 0 Å². The Morgan fingerprint density at radius 2 is 1.50 bits per heavy atom. The minimum absolute atomic E-state index is 0.0379. The molecule has 2 aromatic carbocycles. The van der Waals surface area contributed by atoms with Crippen molar-refractivity contribution in [1.29, 1.82) is 0 Å². The van der Waals surface area contributed by atoms with Gasteiger partial charge in [0.15, 0.2) is 0 Å². The van der Waals surface area contributed by atoms with E-state index in [0.29, 0.717) is 6.54 Å². The summed E-state index contributed by atoms with van der Waals surface area (Å²) in [6.45, 7) is 2.41. The van der Waals surface area contributed by atoms with E-state index in [2.05, 4.69) is 0 Å². The third-order valence-electron chi connectivity index (χ3n) is 3.19. The van der Waals surface area contributed by atoms with Crippen molar-refractivity contribution in [1.82, 2.24) is 4.31 Å². The van der Waals surface area contributed by atoms with Crippen LogP contribution in [-0.4, -0.2) is 19.8 Å². The number of hydrogen-bond acceptors (Lipinski definition) is 2. The van der Waals surface area contributed by atoms with Gasteiger partial charge in [0.25, 0.3) is 0 Å². The minimum atomic E-state index is -3.29. The lowest BCUT2D eigenvalue weighted by Gasteiger charge is -2.17. The molecule has 0 spiro atoms. The van der Waals surface area contributed by atoms with Crippen LogP contribution in [0.25, 0.3) is 0 Å². The first kappa shape index (κ1) is 14.8. The lowest BCUT2D eigenvalue weighted by Crippen LogP contribution is -2.27. The smallest absolute Gasteiger partial charge is 0.212 e. The van der Waals surface area contributed by atoms with Crippen LogP contribution in [0.5, 0.6) is 0 Å². The molecule has 0 aliphatic heterocycles. The number of aryl methyl sites for hydroxylation is 1. The van der Waals surface area contributed by atoms with Crippen molar-refractivity contribution in [2.45, 2.75) is 19.2 Å². The number of rotatable bonds is 5. The summed E-state index contributed by atoms with van der Waals surface area (Å²) in [7, 11) is -1.67. The highest BCUT2D eigenvalue weighted by atomic mass is 32.2. The maximum atomic E-state index is 12.3. The standard InChI is InChI=1S/C16H19NO2S/c1-14-8-10-15(11-9-14)12-17(2)20(18,19)13-16-6-4-3-5-7-16/h3-11H,12-13H2,1-2H3. The molecule has 0 unspecified atom stereocenters. The van der Waals surface area contributed by atoms with Gasteiger partial charge in [0.2, 0.25) is 10.0 Å². The van der Waals surface area contributed by atoms with Crippen molar-refractivity contribution >= 4 is 10.0 Å². The second-order valence-corrected chi connectivity index (χ2v) is 7.06. The van der Waals surface area contributed by atoms with E-state index in [9.17, 15) is 8.42 Å². The van der Waals surface area contributed by atoms with Crippen LogP contribution in [0.4, 0.5) is 0 Å². The molecule has 0 saturated carbocycles. The van der Waals surface area contributed by atoms with E-state index in [-0.39, 0.29) is 5.75 Å². The molecule has 0 amide bonds. The van der Waals surface area contributed by atoms with Crippen molar-refractivity contribution in [3.05, 3.63) is 71.3 Å². The summed E-state index contributed by atoms with van der Waals surface area (Å²) < 4.78 is 26.0. The van der Waals surface area contributed by atoms with E-state index in [1.54, 1.807) is 7.05 Å². The number of hydrogen-bond donors (Lipinski definition) is 0. The van der Waals surface area contributed by atoms with Crippen LogP contribution in [0.15, 0.2) is 54.6 Å². The molecule has 0 aromatic heterocycles. The zero-order chi connectivity index (χ0) is 14.6. The highest BCUT2D eigenvalue weighted by Gasteiger charge is 2.18. The number of sulfonamides is 1. The molecule has 0 heterocycles. The first-order valence-corrected chi connectivity index (χ1v) is 8.12. The van der Waals surface area contributed by atoms with Crippen molar-refractivity contribution < 1.29 is 8.42 Å². The van der Waals surface area contributed by atoms with Crippen LogP contribution in [0.2, 0.25) is 0 Å². The van der Waals surface area contributed by atoms with Crippen LogP contribution in [-0.2, 0) is 22.3 Å². The lowest BCUT2D eigenvalue weighted by molar-refractivity contribution is 0.466. The summed E-state index contributed by atoms with van der Waals surface area (Å²) in [5.74, 6) is 0.0379. The summed E-state index contributed by atoms with van der Waals surface area (Å²) in [6, 6.07) is 17.2. The second-order valence-electron chi connectivity index (χ2n) is 4.98. The van der Waals surface area contributed by atoms with Gasteiger partial charge in [0, 0.05) is 13.6 Å². The fraction of sp³-hybridized carbons (Fsp3) is 0.250. The molecule has 0 bridgehead atoms. The Morgan fingerprint density at radius 1 is 0.900 bits per heavy atom. The summed E-state index contributed by atoms with van der Waals surface area (Å²) in [5.41, 5.74) is 2.97. The van der Waals surface area contributed by atoms with Gasteiger partial charge in [-0.25, -0.2) is 12.7 Å². The summed E-state index contributed by atoms with van der Waals surface area (Å²) in [4.78, 5) is 0. The average Bonchev–Trinajstić information content (AvgIpc) is 2.42. The molecule has 3 nitrogen and oxygen atoms in total. The molecule has 20 heavy (non-hydrogen) atoms. The zero-order valence-electron chi connectivity index (χ0n) is 11.8. The maximum Gasteiger partial charge on any atom is 0.218 e. The van der Waals surface area contributed by atoms with Crippen molar-refractivity contribution in [3.8, 4) is 0 Å². The molecular formula is C16H19NO2S. The Labute approximate surface area is 120 Å². The molecular weight excluding hydrogens is 270 g/mol. The van der Waals surface area contributed by atoms with Crippen molar-refractivity contribution in [2.24, 2.45) is 0 Å². The zero-order valence-corrected chi connectivity index (χ0v) is 12.6. The molecule has 4 heteroatoms.